The van der Waals surface area contributed by atoms with E-state index < -0.39 is 0 Å². The average molecular weight is 504 g/mol. The summed E-state index contributed by atoms with van der Waals surface area (Å²) < 4.78 is 39.0. The number of hydrogen-bond acceptors (Lipinski definition) is 8. The highest BCUT2D eigenvalue weighted by Gasteiger charge is 2.16. The zero-order chi connectivity index (χ0) is 25.6. The predicted molar refractivity (Wildman–Crippen MR) is 134 cm³/mol. The zero-order valence-corrected chi connectivity index (χ0v) is 19.3. The topological polar surface area (TPSA) is 104 Å². The zero-order valence-electron chi connectivity index (χ0n) is 19.3. The summed E-state index contributed by atoms with van der Waals surface area (Å²) in [6.45, 7) is 0. The molecule has 4 heterocycles. The number of pyridine rings is 2. The van der Waals surface area contributed by atoms with E-state index in [0.717, 1.165) is 10.8 Å². The number of halogens is 2. The average Bonchev–Trinajstić information content (AvgIpc) is 3.63. The summed E-state index contributed by atoms with van der Waals surface area (Å²) in [7, 11) is 0. The molecule has 0 fully saturated rings. The molecule has 182 valence electrons. The Morgan fingerprint density at radius 2 is 0.921 bits per heavy atom. The number of nitrogens with zero attached hydrogens (tertiary/aromatic N) is 6. The highest BCUT2D eigenvalue weighted by Crippen LogP contribution is 2.29. The lowest BCUT2D eigenvalue weighted by Crippen LogP contribution is -1.86. The summed E-state index contributed by atoms with van der Waals surface area (Å²) in [5.41, 5.74) is 3.11. The van der Waals surface area contributed by atoms with E-state index in [4.69, 9.17) is 8.83 Å². The molecule has 0 radical (unpaired) electrons. The molecule has 0 saturated carbocycles. The molecule has 0 aliphatic heterocycles. The van der Waals surface area contributed by atoms with Gasteiger partial charge in [0.1, 0.15) is 23.0 Å². The van der Waals surface area contributed by atoms with Gasteiger partial charge in [-0.1, -0.05) is 18.2 Å². The Hall–Kier alpha value is -5.38. The van der Waals surface area contributed by atoms with Gasteiger partial charge in [0.2, 0.25) is 11.8 Å². The fourth-order valence-electron chi connectivity index (χ4n) is 4.09. The van der Waals surface area contributed by atoms with Gasteiger partial charge in [-0.2, -0.15) is 0 Å². The van der Waals surface area contributed by atoms with Crippen LogP contribution in [-0.2, 0) is 0 Å². The van der Waals surface area contributed by atoms with Gasteiger partial charge in [0.05, 0.1) is 11.0 Å². The summed E-state index contributed by atoms with van der Waals surface area (Å²) in [4.78, 5) is 8.87. The van der Waals surface area contributed by atoms with Gasteiger partial charge in [0, 0.05) is 34.0 Å². The van der Waals surface area contributed by atoms with Crippen molar-refractivity contribution in [2.45, 2.75) is 0 Å². The molecule has 7 aromatic rings. The van der Waals surface area contributed by atoms with Crippen LogP contribution in [0.15, 0.2) is 93.8 Å². The maximum Gasteiger partial charge on any atom is 0.266 e. The van der Waals surface area contributed by atoms with E-state index in [-0.39, 0.29) is 35.2 Å². The Bertz CT molecular complexity index is 1850. The van der Waals surface area contributed by atoms with Crippen molar-refractivity contribution in [2.75, 3.05) is 0 Å². The van der Waals surface area contributed by atoms with Gasteiger partial charge in [-0.3, -0.25) is 0 Å². The summed E-state index contributed by atoms with van der Waals surface area (Å²) >= 11 is 0. The van der Waals surface area contributed by atoms with Crippen LogP contribution in [0.1, 0.15) is 0 Å². The molecule has 8 nitrogen and oxygen atoms in total. The molecule has 0 aliphatic rings. The van der Waals surface area contributed by atoms with Crippen molar-refractivity contribution in [3.63, 3.8) is 0 Å². The van der Waals surface area contributed by atoms with E-state index in [1.807, 2.05) is 12.1 Å². The van der Waals surface area contributed by atoms with Crippen LogP contribution in [0.2, 0.25) is 0 Å². The Labute approximate surface area is 212 Å². The maximum absolute atomic E-state index is 13.6. The molecule has 0 amide bonds. The lowest BCUT2D eigenvalue weighted by Gasteiger charge is -2.00. The molecule has 0 atom stereocenters. The largest absolute Gasteiger partial charge is 0.415 e. The van der Waals surface area contributed by atoms with Crippen LogP contribution in [0.5, 0.6) is 0 Å². The molecule has 0 unspecified atom stereocenters. The van der Waals surface area contributed by atoms with Crippen molar-refractivity contribution in [3.8, 4) is 46.1 Å². The standard InChI is InChI=1S/C28H14F2N6O2/c29-19-8-4-15-6-10-21(31-23(15)13-19)27-35-33-25(37-27)17-2-1-3-18(12-17)26-34-36-28(38-26)22-11-7-16-5-9-20(30)14-24(16)32-22/h1-14H. The van der Waals surface area contributed by atoms with E-state index in [1.54, 1.807) is 48.5 Å². The van der Waals surface area contributed by atoms with Crippen LogP contribution >= 0.6 is 0 Å². The minimum absolute atomic E-state index is 0.204. The first-order chi connectivity index (χ1) is 18.6. The molecule has 4 aromatic heterocycles. The minimum Gasteiger partial charge on any atom is -0.415 e. The number of benzene rings is 3. The van der Waals surface area contributed by atoms with E-state index in [1.165, 1.54) is 24.3 Å². The Morgan fingerprint density at radius 1 is 0.474 bits per heavy atom. The minimum atomic E-state index is -0.375. The smallest absolute Gasteiger partial charge is 0.266 e. The first-order valence-electron chi connectivity index (χ1n) is 11.5. The highest BCUT2D eigenvalue weighted by atomic mass is 19.1. The maximum atomic E-state index is 13.6. The summed E-state index contributed by atoms with van der Waals surface area (Å²) in [5, 5.41) is 18.1. The summed E-state index contributed by atoms with van der Waals surface area (Å²) in [5.74, 6) is 0.187. The second-order valence-electron chi connectivity index (χ2n) is 8.47. The van der Waals surface area contributed by atoms with Crippen molar-refractivity contribution in [2.24, 2.45) is 0 Å². The molecular formula is C28H14F2N6O2. The second kappa shape index (κ2) is 8.63. The van der Waals surface area contributed by atoms with Gasteiger partial charge < -0.3 is 8.83 Å². The van der Waals surface area contributed by atoms with Gasteiger partial charge >= 0.3 is 0 Å². The normalized spacial score (nSPS) is 11.4. The number of fused-ring (bicyclic) bond motifs is 2. The van der Waals surface area contributed by atoms with Gasteiger partial charge in [0.15, 0.2) is 0 Å². The Kier molecular flexibility index (Phi) is 4.96. The van der Waals surface area contributed by atoms with E-state index >= 15 is 0 Å². The van der Waals surface area contributed by atoms with E-state index in [0.29, 0.717) is 33.5 Å². The highest BCUT2D eigenvalue weighted by molar-refractivity contribution is 5.81. The van der Waals surface area contributed by atoms with Gasteiger partial charge in [-0.05, 0) is 54.6 Å². The van der Waals surface area contributed by atoms with Crippen molar-refractivity contribution < 1.29 is 17.6 Å². The van der Waals surface area contributed by atoms with Crippen LogP contribution in [0.3, 0.4) is 0 Å². The Balaban J connectivity index is 1.19. The number of aromatic nitrogens is 6. The number of rotatable bonds is 4. The van der Waals surface area contributed by atoms with Gasteiger partial charge in [-0.15, -0.1) is 20.4 Å². The molecule has 38 heavy (non-hydrogen) atoms. The molecule has 0 N–H and O–H groups in total. The third-order valence-corrected chi connectivity index (χ3v) is 5.95. The summed E-state index contributed by atoms with van der Waals surface area (Å²) in [6.07, 6.45) is 0. The van der Waals surface area contributed by atoms with Crippen LogP contribution in [0.4, 0.5) is 8.78 Å². The van der Waals surface area contributed by atoms with Crippen molar-refractivity contribution in [3.05, 3.63) is 96.6 Å². The molecule has 0 bridgehead atoms. The third-order valence-electron chi connectivity index (χ3n) is 5.95. The van der Waals surface area contributed by atoms with Gasteiger partial charge in [0.25, 0.3) is 11.8 Å². The second-order valence-corrected chi connectivity index (χ2v) is 8.47. The quantitative estimate of drug-likeness (QED) is 0.268. The van der Waals surface area contributed by atoms with E-state index in [9.17, 15) is 8.78 Å². The molecular weight excluding hydrogens is 490 g/mol. The first-order valence-corrected chi connectivity index (χ1v) is 11.5. The molecule has 0 aliphatic carbocycles. The van der Waals surface area contributed by atoms with E-state index in [2.05, 4.69) is 30.4 Å². The SMILES string of the molecule is Fc1ccc2ccc(-c3nnc(-c4cccc(-c5nnc(-c6ccc7ccc(F)cc7n6)o5)c4)o3)nc2c1. The first kappa shape index (κ1) is 21.9. The summed E-state index contributed by atoms with van der Waals surface area (Å²) in [6, 6.07) is 23.1. The van der Waals surface area contributed by atoms with Crippen LogP contribution in [0.25, 0.3) is 67.9 Å². The fourth-order valence-corrected chi connectivity index (χ4v) is 4.09. The molecule has 7 rings (SSSR count). The molecule has 10 heteroatoms. The molecule has 0 spiro atoms. The van der Waals surface area contributed by atoms with Crippen LogP contribution < -0.4 is 0 Å². The Morgan fingerprint density at radius 3 is 1.42 bits per heavy atom. The number of hydrogen-bond donors (Lipinski definition) is 0. The molecule has 3 aromatic carbocycles. The van der Waals surface area contributed by atoms with Crippen LogP contribution in [-0.4, -0.2) is 30.4 Å². The van der Waals surface area contributed by atoms with Crippen molar-refractivity contribution in [1.82, 2.24) is 30.4 Å². The van der Waals surface area contributed by atoms with Crippen molar-refractivity contribution in [1.29, 1.82) is 0 Å². The van der Waals surface area contributed by atoms with Crippen molar-refractivity contribution >= 4 is 21.8 Å². The third kappa shape index (κ3) is 3.94. The molecule has 0 saturated heterocycles. The predicted octanol–water partition coefficient (Wildman–Crippen LogP) is 6.50. The monoisotopic (exact) mass is 504 g/mol. The fraction of sp³-hybridized carbons (Fsp3) is 0. The van der Waals surface area contributed by atoms with Gasteiger partial charge in [-0.25, -0.2) is 18.7 Å². The lowest BCUT2D eigenvalue weighted by atomic mass is 10.1. The lowest BCUT2D eigenvalue weighted by molar-refractivity contribution is 0.580. The van der Waals surface area contributed by atoms with Crippen LogP contribution in [0, 0.1) is 11.6 Å².